The van der Waals surface area contributed by atoms with E-state index in [-0.39, 0.29) is 39.6 Å². The van der Waals surface area contributed by atoms with Gasteiger partial charge in [-0.15, -0.1) is 0 Å². The normalized spacial score (nSPS) is 8.92. The van der Waals surface area contributed by atoms with Crippen LogP contribution in [-0.2, 0) is 60.4 Å². The first kappa shape index (κ1) is 29.2. The summed E-state index contributed by atoms with van der Waals surface area (Å²) in [6.07, 6.45) is 0. The first-order chi connectivity index (χ1) is 4.00. The molecule has 0 fully saturated rings. The second kappa shape index (κ2) is 10.8. The molecule has 0 atom stereocenters. The van der Waals surface area contributed by atoms with E-state index >= 15 is 0 Å². The molecule has 0 N–H and O–H groups in total. The van der Waals surface area contributed by atoms with Crippen LogP contribution in [0.25, 0.3) is 0 Å². The van der Waals surface area contributed by atoms with Gasteiger partial charge in [-0.25, -0.2) is 0 Å². The smallest absolute Gasteiger partial charge is 2.00 e. The van der Waals surface area contributed by atoms with Crippen LogP contribution >= 0.6 is 0 Å². The third-order valence-corrected chi connectivity index (χ3v) is 0. The Kier molecular flexibility index (Phi) is 24.3. The average molecular weight is 320 g/mol. The number of hydrogen-bond donors (Lipinski definition) is 0. The molecule has 0 bridgehead atoms. The van der Waals surface area contributed by atoms with Crippen LogP contribution in [0.5, 0.6) is 0 Å². The van der Waals surface area contributed by atoms with Crippen molar-refractivity contribution in [3.05, 3.63) is 0 Å². The summed E-state index contributed by atoms with van der Waals surface area (Å²) in [5.74, 6) is 0. The zero-order valence-corrected chi connectivity index (χ0v) is 9.04. The van der Waals surface area contributed by atoms with Gasteiger partial charge in [0.05, 0.1) is 0 Å². The molecule has 0 aromatic carbocycles. The van der Waals surface area contributed by atoms with Gasteiger partial charge in [0.1, 0.15) is 0 Å². The monoisotopic (exact) mass is 320 g/mol. The second-order valence-corrected chi connectivity index (χ2v) is 2.45. The Morgan fingerprint density at radius 2 is 0.615 bits per heavy atom. The van der Waals surface area contributed by atoms with E-state index < -0.39 is 20.8 Å². The van der Waals surface area contributed by atoms with Gasteiger partial charge in [-0.2, -0.15) is 0 Å². The molecule has 9 nitrogen and oxygen atoms in total. The topological polar surface area (TPSA) is 189 Å². The zero-order chi connectivity index (χ0) is 9.00. The van der Waals surface area contributed by atoms with Gasteiger partial charge in [0.15, 0.2) is 0 Å². The van der Waals surface area contributed by atoms with E-state index in [0.29, 0.717) is 0 Å². The van der Waals surface area contributed by atoms with Gasteiger partial charge in [-0.1, -0.05) is 0 Å². The van der Waals surface area contributed by atoms with Crippen LogP contribution in [-0.4, -0.2) is 35.0 Å². The summed E-state index contributed by atoms with van der Waals surface area (Å²) >= 11 is 0. The van der Waals surface area contributed by atoms with Gasteiger partial charge in [-0.05, 0) is 0 Å². The fourth-order valence-corrected chi connectivity index (χ4v) is 0. The Bertz CT molecular complexity index is 212. The number of rotatable bonds is 0. The summed E-state index contributed by atoms with van der Waals surface area (Å²) < 4.78 is 68.2. The summed E-state index contributed by atoms with van der Waals surface area (Å²) in [4.78, 5) is 0. The van der Waals surface area contributed by atoms with Crippen LogP contribution in [0.2, 0.25) is 0 Å². The fourth-order valence-electron chi connectivity index (χ4n) is 0. The van der Waals surface area contributed by atoms with E-state index in [2.05, 4.69) is 0 Å². The van der Waals surface area contributed by atoms with Gasteiger partial charge in [0, 0.05) is 20.8 Å². The predicted octanol–water partition coefficient (Wildman–Crippen LogP) is -2.80. The molecule has 13 heteroatoms. The van der Waals surface area contributed by atoms with Crippen molar-refractivity contribution < 1.29 is 74.7 Å². The van der Waals surface area contributed by atoms with Crippen molar-refractivity contribution >= 4 is 20.8 Å². The summed E-state index contributed by atoms with van der Waals surface area (Å²) in [6, 6.07) is 0. The molecule has 0 aromatic heterocycles. The third-order valence-electron chi connectivity index (χ3n) is 0. The maximum atomic E-state index is 8.52. The average Bonchev–Trinajstić information content (AvgIpc) is 1.12. The first-order valence-electron chi connectivity index (χ1n) is 1.33. The molecule has 0 rings (SSSR count). The molecule has 0 aromatic rings. The summed E-state index contributed by atoms with van der Waals surface area (Å²) in [5.41, 5.74) is 0. The minimum atomic E-state index is -5.17. The predicted molar refractivity (Wildman–Crippen MR) is 21.6 cm³/mol. The van der Waals surface area contributed by atoms with Crippen LogP contribution in [0.3, 0.4) is 0 Å². The Balaban J connectivity index is -0.0000000267. The SMILES string of the molecule is O=S(=O)([O-])[O-].O=S(=O)([O-])[O-].[Fe+3].[Fe+3].[O-2]. The Hall–Kier alpha value is 0.739. The van der Waals surface area contributed by atoms with Gasteiger partial charge < -0.3 is 23.7 Å². The molecule has 0 amide bonds. The van der Waals surface area contributed by atoms with Crippen molar-refractivity contribution in [3.63, 3.8) is 0 Å². The van der Waals surface area contributed by atoms with Gasteiger partial charge in [0.2, 0.25) is 0 Å². The summed E-state index contributed by atoms with van der Waals surface area (Å²) in [6.45, 7) is 0. The Morgan fingerprint density at radius 3 is 0.615 bits per heavy atom. The molecule has 0 spiro atoms. The minimum absolute atomic E-state index is 0. The van der Waals surface area contributed by atoms with E-state index in [9.17, 15) is 0 Å². The fraction of sp³-hybridized carbons (Fsp3) is 0. The summed E-state index contributed by atoms with van der Waals surface area (Å²) in [5, 5.41) is 0. The van der Waals surface area contributed by atoms with Crippen LogP contribution in [0.1, 0.15) is 0 Å². The third kappa shape index (κ3) is 2690. The molecule has 0 aliphatic heterocycles. The molecule has 0 saturated heterocycles. The number of hydrogen-bond acceptors (Lipinski definition) is 8. The van der Waals surface area contributed by atoms with E-state index in [4.69, 9.17) is 35.0 Å². The van der Waals surface area contributed by atoms with Crippen LogP contribution in [0.15, 0.2) is 0 Å². The van der Waals surface area contributed by atoms with Gasteiger partial charge in [0.25, 0.3) is 0 Å². The molecule has 0 unspecified atom stereocenters. The van der Waals surface area contributed by atoms with Crippen molar-refractivity contribution in [2.75, 3.05) is 0 Å². The van der Waals surface area contributed by atoms with E-state index in [0.717, 1.165) is 0 Å². The maximum absolute atomic E-state index is 8.52. The maximum Gasteiger partial charge on any atom is 3.00 e. The van der Waals surface area contributed by atoms with E-state index in [1.807, 2.05) is 0 Å². The molecule has 0 saturated carbocycles. The van der Waals surface area contributed by atoms with Crippen molar-refractivity contribution in [3.8, 4) is 0 Å². The first-order valence-corrected chi connectivity index (χ1v) is 4.00. The van der Waals surface area contributed by atoms with Crippen LogP contribution in [0, 0.1) is 0 Å². The Labute approximate surface area is 95.3 Å². The zero-order valence-electron chi connectivity index (χ0n) is 5.20. The molecule has 0 heterocycles. The van der Waals surface area contributed by atoms with Crippen molar-refractivity contribution in [1.82, 2.24) is 0 Å². The minimum Gasteiger partial charge on any atom is -2.00 e. The molecular weight excluding hydrogens is 320 g/mol. The standard InChI is InChI=1S/2Fe.2H2O4S.O/c;;2*1-5(2,3)4;/h;;2*(H2,1,2,3,4);/q2*+3;;;-2/p-4. The van der Waals surface area contributed by atoms with Crippen molar-refractivity contribution in [2.24, 2.45) is 0 Å². The quantitative estimate of drug-likeness (QED) is 0.259. The molecule has 0 aliphatic rings. The molecular formula is Fe2O9S2. The molecule has 13 heavy (non-hydrogen) atoms. The van der Waals surface area contributed by atoms with Crippen molar-refractivity contribution in [2.45, 2.75) is 0 Å². The molecule has 2 radical (unpaired) electrons. The second-order valence-electron chi connectivity index (χ2n) is 0.816. The molecule has 0 aliphatic carbocycles. The van der Waals surface area contributed by atoms with Gasteiger partial charge in [-0.3, -0.25) is 16.8 Å². The van der Waals surface area contributed by atoms with Crippen LogP contribution in [0.4, 0.5) is 0 Å². The summed E-state index contributed by atoms with van der Waals surface area (Å²) in [7, 11) is -10.3. The van der Waals surface area contributed by atoms with Crippen molar-refractivity contribution in [1.29, 1.82) is 0 Å². The van der Waals surface area contributed by atoms with Gasteiger partial charge >= 0.3 is 34.1 Å². The Morgan fingerprint density at radius 1 is 0.615 bits per heavy atom. The largest absolute Gasteiger partial charge is 3.00 e. The van der Waals surface area contributed by atoms with E-state index in [1.165, 1.54) is 0 Å². The van der Waals surface area contributed by atoms with Crippen LogP contribution < -0.4 is 0 Å². The van der Waals surface area contributed by atoms with E-state index in [1.54, 1.807) is 0 Å². The molecule has 82 valence electrons.